The molecular formula is C17H22ClN5O3S. The highest BCUT2D eigenvalue weighted by Gasteiger charge is 2.16. The molecule has 0 aliphatic rings. The van der Waals surface area contributed by atoms with Gasteiger partial charge in [-0.2, -0.15) is 0 Å². The van der Waals surface area contributed by atoms with E-state index in [0.29, 0.717) is 25.3 Å². The standard InChI is InChI=1S/C17H22ClN5O3S/c1-11(2)10-22-15(20-21-17(22)27-3)5-4-8-19-16(24)12-6-7-13(18)14(9-12)23(25)26/h6-7,9,11H,4-5,8,10H2,1-3H3,(H,19,24). The Morgan fingerprint density at radius 1 is 1.41 bits per heavy atom. The van der Waals surface area contributed by atoms with Crippen LogP contribution in [0.4, 0.5) is 5.69 Å². The fraction of sp³-hybridized carbons (Fsp3) is 0.471. The van der Waals surface area contributed by atoms with E-state index in [0.717, 1.165) is 17.5 Å². The highest BCUT2D eigenvalue weighted by molar-refractivity contribution is 7.98. The van der Waals surface area contributed by atoms with Gasteiger partial charge in [0, 0.05) is 31.1 Å². The number of aromatic nitrogens is 3. The maximum absolute atomic E-state index is 12.2. The first-order valence-electron chi connectivity index (χ1n) is 8.51. The molecule has 0 aliphatic carbocycles. The molecule has 0 bridgehead atoms. The number of carbonyl (C=O) groups is 1. The number of hydrogen-bond donors (Lipinski definition) is 1. The third-order valence-electron chi connectivity index (χ3n) is 3.79. The zero-order valence-corrected chi connectivity index (χ0v) is 17.0. The summed E-state index contributed by atoms with van der Waals surface area (Å²) < 4.78 is 2.11. The molecule has 0 spiro atoms. The normalized spacial score (nSPS) is 11.0. The molecule has 10 heteroatoms. The summed E-state index contributed by atoms with van der Waals surface area (Å²) in [5.41, 5.74) is -0.0746. The van der Waals surface area contributed by atoms with Crippen molar-refractivity contribution in [3.8, 4) is 0 Å². The lowest BCUT2D eigenvalue weighted by atomic mass is 10.2. The van der Waals surface area contributed by atoms with E-state index in [-0.39, 0.29) is 22.2 Å². The Morgan fingerprint density at radius 2 is 2.15 bits per heavy atom. The molecule has 2 aromatic rings. The van der Waals surface area contributed by atoms with E-state index in [1.165, 1.54) is 18.2 Å². The van der Waals surface area contributed by atoms with Crippen LogP contribution in [0.5, 0.6) is 0 Å². The summed E-state index contributed by atoms with van der Waals surface area (Å²) in [6, 6.07) is 4.00. The highest BCUT2D eigenvalue weighted by Crippen LogP contribution is 2.25. The van der Waals surface area contributed by atoms with Crippen molar-refractivity contribution in [3.63, 3.8) is 0 Å². The molecule has 0 saturated carbocycles. The predicted octanol–water partition coefficient (Wildman–Crippen LogP) is 3.58. The Morgan fingerprint density at radius 3 is 2.78 bits per heavy atom. The van der Waals surface area contributed by atoms with Gasteiger partial charge in [0.05, 0.1) is 4.92 Å². The van der Waals surface area contributed by atoms with Gasteiger partial charge in [-0.25, -0.2) is 0 Å². The van der Waals surface area contributed by atoms with E-state index < -0.39 is 4.92 Å². The van der Waals surface area contributed by atoms with Crippen LogP contribution in [0.3, 0.4) is 0 Å². The molecule has 2 rings (SSSR count). The number of hydrogen-bond acceptors (Lipinski definition) is 6. The summed E-state index contributed by atoms with van der Waals surface area (Å²) in [4.78, 5) is 22.5. The zero-order chi connectivity index (χ0) is 20.0. The summed E-state index contributed by atoms with van der Waals surface area (Å²) in [7, 11) is 0. The molecule has 0 unspecified atom stereocenters. The maximum Gasteiger partial charge on any atom is 0.288 e. The Labute approximate surface area is 166 Å². The summed E-state index contributed by atoms with van der Waals surface area (Å²) in [6.07, 6.45) is 3.34. The molecule has 0 aliphatic heterocycles. The lowest BCUT2D eigenvalue weighted by Gasteiger charge is -2.11. The summed E-state index contributed by atoms with van der Waals surface area (Å²) in [6.45, 7) is 5.55. The van der Waals surface area contributed by atoms with Crippen LogP contribution in [-0.2, 0) is 13.0 Å². The average Bonchev–Trinajstić information content (AvgIpc) is 2.99. The first-order chi connectivity index (χ1) is 12.8. The van der Waals surface area contributed by atoms with Gasteiger partial charge in [-0.05, 0) is 30.7 Å². The minimum absolute atomic E-state index is 0.00522. The second kappa shape index (κ2) is 9.70. The molecule has 0 fully saturated rings. The first-order valence-corrected chi connectivity index (χ1v) is 10.1. The highest BCUT2D eigenvalue weighted by atomic mass is 35.5. The lowest BCUT2D eigenvalue weighted by molar-refractivity contribution is -0.384. The van der Waals surface area contributed by atoms with Crippen molar-refractivity contribution in [1.82, 2.24) is 20.1 Å². The Balaban J connectivity index is 1.92. The van der Waals surface area contributed by atoms with Gasteiger partial charge in [0.15, 0.2) is 5.16 Å². The van der Waals surface area contributed by atoms with Crippen molar-refractivity contribution >= 4 is 35.0 Å². The van der Waals surface area contributed by atoms with Crippen molar-refractivity contribution in [1.29, 1.82) is 0 Å². The number of nitro groups is 1. The van der Waals surface area contributed by atoms with Crippen LogP contribution in [0.2, 0.25) is 5.02 Å². The molecule has 1 aromatic heterocycles. The first kappa shape index (κ1) is 21.2. The minimum Gasteiger partial charge on any atom is -0.352 e. The van der Waals surface area contributed by atoms with Crippen LogP contribution in [0, 0.1) is 16.0 Å². The quantitative estimate of drug-likeness (QED) is 0.293. The zero-order valence-electron chi connectivity index (χ0n) is 15.4. The number of halogens is 1. The van der Waals surface area contributed by atoms with Gasteiger partial charge in [-0.15, -0.1) is 10.2 Å². The second-order valence-corrected chi connectivity index (χ2v) is 7.57. The molecule has 1 N–H and O–H groups in total. The van der Waals surface area contributed by atoms with Gasteiger partial charge in [0.25, 0.3) is 11.6 Å². The molecule has 8 nitrogen and oxygen atoms in total. The molecule has 1 heterocycles. The number of nitrogens with one attached hydrogen (secondary N) is 1. The fourth-order valence-electron chi connectivity index (χ4n) is 2.55. The number of rotatable bonds is 9. The summed E-state index contributed by atoms with van der Waals surface area (Å²) in [5, 5.41) is 23.0. The third kappa shape index (κ3) is 5.67. The van der Waals surface area contributed by atoms with Crippen molar-refractivity contribution in [2.24, 2.45) is 5.92 Å². The number of thioether (sulfide) groups is 1. The van der Waals surface area contributed by atoms with Crippen LogP contribution in [0.1, 0.15) is 36.5 Å². The number of amides is 1. The predicted molar refractivity (Wildman–Crippen MR) is 105 cm³/mol. The Kier molecular flexibility index (Phi) is 7.61. The summed E-state index contributed by atoms with van der Waals surface area (Å²) in [5.74, 6) is 0.999. The molecular weight excluding hydrogens is 390 g/mol. The van der Waals surface area contributed by atoms with E-state index in [9.17, 15) is 14.9 Å². The van der Waals surface area contributed by atoms with Crippen LogP contribution in [0.15, 0.2) is 23.4 Å². The van der Waals surface area contributed by atoms with Crippen LogP contribution in [0.25, 0.3) is 0 Å². The van der Waals surface area contributed by atoms with Crippen LogP contribution in [-0.4, -0.2) is 38.4 Å². The molecule has 146 valence electrons. The van der Waals surface area contributed by atoms with Gasteiger partial charge in [-0.1, -0.05) is 37.2 Å². The van der Waals surface area contributed by atoms with E-state index in [2.05, 4.69) is 33.9 Å². The topological polar surface area (TPSA) is 103 Å². The molecule has 0 radical (unpaired) electrons. The van der Waals surface area contributed by atoms with Crippen molar-refractivity contribution in [3.05, 3.63) is 44.7 Å². The monoisotopic (exact) mass is 411 g/mol. The molecule has 0 saturated heterocycles. The van der Waals surface area contributed by atoms with E-state index in [4.69, 9.17) is 11.6 Å². The SMILES string of the molecule is CSc1nnc(CCCNC(=O)c2ccc(Cl)c([N+](=O)[O-])c2)n1CC(C)C. The van der Waals surface area contributed by atoms with Gasteiger partial charge >= 0.3 is 0 Å². The largest absolute Gasteiger partial charge is 0.352 e. The molecule has 27 heavy (non-hydrogen) atoms. The number of nitrogens with zero attached hydrogens (tertiary/aromatic N) is 4. The maximum atomic E-state index is 12.2. The van der Waals surface area contributed by atoms with Gasteiger partial charge in [0.2, 0.25) is 0 Å². The third-order valence-corrected chi connectivity index (χ3v) is 4.78. The van der Waals surface area contributed by atoms with E-state index in [1.807, 2.05) is 6.26 Å². The van der Waals surface area contributed by atoms with E-state index in [1.54, 1.807) is 11.8 Å². The van der Waals surface area contributed by atoms with Crippen molar-refractivity contribution < 1.29 is 9.72 Å². The van der Waals surface area contributed by atoms with Crippen LogP contribution >= 0.6 is 23.4 Å². The van der Waals surface area contributed by atoms with Crippen molar-refractivity contribution in [2.45, 2.75) is 38.4 Å². The van der Waals surface area contributed by atoms with Crippen LogP contribution < -0.4 is 5.32 Å². The average molecular weight is 412 g/mol. The van der Waals surface area contributed by atoms with Gasteiger partial charge in [0.1, 0.15) is 10.8 Å². The number of benzene rings is 1. The second-order valence-electron chi connectivity index (χ2n) is 6.39. The number of aryl methyl sites for hydroxylation is 1. The smallest absolute Gasteiger partial charge is 0.288 e. The van der Waals surface area contributed by atoms with Crippen molar-refractivity contribution in [2.75, 3.05) is 12.8 Å². The number of carbonyl (C=O) groups excluding carboxylic acids is 1. The van der Waals surface area contributed by atoms with Gasteiger partial charge in [-0.3, -0.25) is 14.9 Å². The minimum atomic E-state index is -0.607. The Bertz CT molecular complexity index is 825. The summed E-state index contributed by atoms with van der Waals surface area (Å²) >= 11 is 7.32. The fourth-order valence-corrected chi connectivity index (χ4v) is 3.26. The lowest BCUT2D eigenvalue weighted by Crippen LogP contribution is -2.25. The number of nitro benzene ring substituents is 1. The van der Waals surface area contributed by atoms with Gasteiger partial charge < -0.3 is 9.88 Å². The molecule has 1 aromatic carbocycles. The Hall–Kier alpha value is -2.13. The molecule has 1 amide bonds. The van der Waals surface area contributed by atoms with E-state index >= 15 is 0 Å². The molecule has 0 atom stereocenters.